The maximum absolute atomic E-state index is 17.0. The van der Waals surface area contributed by atoms with Gasteiger partial charge in [-0.1, -0.05) is 12.0 Å². The molecule has 0 saturated carbocycles. The zero-order valence-corrected chi connectivity index (χ0v) is 25.3. The fourth-order valence-corrected chi connectivity index (χ4v) is 7.57. The first-order valence-electron chi connectivity index (χ1n) is 15.6. The van der Waals surface area contributed by atoms with Crippen molar-refractivity contribution in [3.63, 3.8) is 0 Å². The fraction of sp³-hybridized carbons (Fsp3) is 0.441. The Morgan fingerprint density at radius 3 is 2.80 bits per heavy atom. The standard InChI is InChI=1S/C34H32F3N5O4/c1-3-23-25(36)6-5-19-13-22(46-18-43-2)14-24(26(19)23)29-28(37)30-27-31(42-11-7-21(42)8-12-44-32(27)38-29)40-33(39-30)45-17-34-9-4-10-41(34)16-20(35)15-34/h1,5-6,13-14,20-21H,4,7-12,15-18H2,2H3/t20-,21+,34+/m1/s1. The number of ether oxygens (including phenoxy) is 4. The van der Waals surface area contributed by atoms with Crippen molar-refractivity contribution >= 4 is 27.5 Å². The van der Waals surface area contributed by atoms with Gasteiger partial charge in [-0.25, -0.2) is 18.2 Å². The summed E-state index contributed by atoms with van der Waals surface area (Å²) in [5, 5.41) is 1.16. The molecule has 3 atom stereocenters. The maximum Gasteiger partial charge on any atom is 0.319 e. The minimum Gasteiger partial charge on any atom is -0.477 e. The van der Waals surface area contributed by atoms with Crippen LogP contribution in [0.5, 0.6) is 17.6 Å². The van der Waals surface area contributed by atoms with Gasteiger partial charge >= 0.3 is 6.01 Å². The van der Waals surface area contributed by atoms with Crippen molar-refractivity contribution < 1.29 is 32.1 Å². The number of nitrogens with zero attached hydrogens (tertiary/aromatic N) is 5. The third-order valence-electron chi connectivity index (χ3n) is 9.83. The van der Waals surface area contributed by atoms with Crippen molar-refractivity contribution in [1.82, 2.24) is 19.9 Å². The smallest absolute Gasteiger partial charge is 0.319 e. The number of benzene rings is 2. The molecule has 0 amide bonds. The Hall–Kier alpha value is -4.34. The average Bonchev–Trinajstić information content (AvgIpc) is 3.56. The molecule has 238 valence electrons. The highest BCUT2D eigenvalue weighted by molar-refractivity contribution is 6.04. The van der Waals surface area contributed by atoms with Crippen LogP contribution < -0.4 is 19.1 Å². The van der Waals surface area contributed by atoms with Crippen molar-refractivity contribution in [2.45, 2.75) is 49.9 Å². The highest BCUT2D eigenvalue weighted by atomic mass is 19.1. The summed E-state index contributed by atoms with van der Waals surface area (Å²) in [4.78, 5) is 18.3. The Kier molecular flexibility index (Phi) is 7.06. The van der Waals surface area contributed by atoms with Crippen LogP contribution in [0.25, 0.3) is 32.9 Å². The van der Waals surface area contributed by atoms with E-state index in [1.54, 1.807) is 18.2 Å². The van der Waals surface area contributed by atoms with Gasteiger partial charge in [0.05, 0.1) is 17.7 Å². The Morgan fingerprint density at radius 1 is 1.11 bits per heavy atom. The molecule has 0 radical (unpaired) electrons. The monoisotopic (exact) mass is 631 g/mol. The minimum absolute atomic E-state index is 0.00310. The second kappa shape index (κ2) is 11.2. The molecule has 2 aromatic carbocycles. The molecule has 46 heavy (non-hydrogen) atoms. The van der Waals surface area contributed by atoms with Crippen molar-refractivity contribution in [3.05, 3.63) is 41.5 Å². The number of hydrogen-bond donors (Lipinski definition) is 0. The average molecular weight is 632 g/mol. The molecule has 3 saturated heterocycles. The summed E-state index contributed by atoms with van der Waals surface area (Å²) in [6.07, 6.45) is 8.67. The van der Waals surface area contributed by atoms with E-state index < -0.39 is 23.3 Å². The van der Waals surface area contributed by atoms with E-state index >= 15 is 8.78 Å². The third-order valence-corrected chi connectivity index (χ3v) is 9.83. The molecule has 6 heterocycles. The van der Waals surface area contributed by atoms with Crippen LogP contribution >= 0.6 is 0 Å². The van der Waals surface area contributed by atoms with Crippen LogP contribution in [0.1, 0.15) is 37.7 Å². The van der Waals surface area contributed by atoms with Crippen LogP contribution in [-0.2, 0) is 4.74 Å². The number of fused-ring (bicyclic) bond motifs is 4. The number of alkyl halides is 1. The van der Waals surface area contributed by atoms with Crippen LogP contribution in [0.4, 0.5) is 19.0 Å². The number of terminal acetylenes is 1. The van der Waals surface area contributed by atoms with Gasteiger partial charge in [0.15, 0.2) is 12.6 Å². The van der Waals surface area contributed by atoms with Gasteiger partial charge in [-0.15, -0.1) is 6.42 Å². The molecule has 4 aliphatic rings. The first kappa shape index (κ1) is 29.1. The quantitative estimate of drug-likeness (QED) is 0.197. The first-order valence-corrected chi connectivity index (χ1v) is 15.6. The number of anilines is 1. The topological polar surface area (TPSA) is 82.1 Å². The molecular weight excluding hydrogens is 599 g/mol. The molecule has 0 spiro atoms. The van der Waals surface area contributed by atoms with Gasteiger partial charge in [0.25, 0.3) is 0 Å². The molecule has 12 heteroatoms. The summed E-state index contributed by atoms with van der Waals surface area (Å²) in [6.45, 7) is 2.42. The second-order valence-electron chi connectivity index (χ2n) is 12.5. The number of halogens is 3. The van der Waals surface area contributed by atoms with E-state index in [0.29, 0.717) is 47.3 Å². The van der Waals surface area contributed by atoms with Gasteiger partial charge in [0.1, 0.15) is 46.8 Å². The van der Waals surface area contributed by atoms with Crippen molar-refractivity contribution in [2.24, 2.45) is 0 Å². The zero-order valence-electron chi connectivity index (χ0n) is 25.3. The van der Waals surface area contributed by atoms with E-state index in [1.807, 2.05) is 0 Å². The van der Waals surface area contributed by atoms with Crippen molar-refractivity contribution in [1.29, 1.82) is 0 Å². The lowest BCUT2D eigenvalue weighted by atomic mass is 9.95. The van der Waals surface area contributed by atoms with Crippen molar-refractivity contribution in [3.8, 4) is 41.2 Å². The second-order valence-corrected chi connectivity index (χ2v) is 12.5. The summed E-state index contributed by atoms with van der Waals surface area (Å²) in [5.41, 5.74) is -0.434. The number of pyridine rings is 1. The molecule has 8 rings (SSSR count). The van der Waals surface area contributed by atoms with Crippen LogP contribution in [-0.4, -0.2) is 84.4 Å². The maximum atomic E-state index is 17.0. The highest BCUT2D eigenvalue weighted by Gasteiger charge is 2.49. The van der Waals surface area contributed by atoms with E-state index in [0.717, 1.165) is 38.8 Å². The number of hydrogen-bond acceptors (Lipinski definition) is 9. The lowest BCUT2D eigenvalue weighted by Gasteiger charge is -2.43. The van der Waals surface area contributed by atoms with Crippen LogP contribution in [0.2, 0.25) is 0 Å². The lowest BCUT2D eigenvalue weighted by Crippen LogP contribution is -2.49. The molecule has 4 aromatic rings. The first-order chi connectivity index (χ1) is 22.4. The highest BCUT2D eigenvalue weighted by Crippen LogP contribution is 2.45. The van der Waals surface area contributed by atoms with E-state index in [9.17, 15) is 4.39 Å². The normalized spacial score (nSPS) is 23.7. The predicted molar refractivity (Wildman–Crippen MR) is 165 cm³/mol. The Bertz CT molecular complexity index is 1920. The van der Waals surface area contributed by atoms with Gasteiger partial charge < -0.3 is 23.8 Å². The Balaban J connectivity index is 1.32. The summed E-state index contributed by atoms with van der Waals surface area (Å²) < 4.78 is 69.7. The summed E-state index contributed by atoms with van der Waals surface area (Å²) in [7, 11) is 1.48. The SMILES string of the molecule is C#Cc1c(F)ccc2cc(OCOC)cc(-c3nc4c5c(nc(OC[C@@]67CCCN6C[C@H](F)C7)nc5c3F)N3CC[C@H]3CCO4)c12. The fourth-order valence-electron chi connectivity index (χ4n) is 7.57. The summed E-state index contributed by atoms with van der Waals surface area (Å²) in [5.74, 6) is 2.02. The Morgan fingerprint density at radius 2 is 2.00 bits per heavy atom. The molecule has 2 aromatic heterocycles. The van der Waals surface area contributed by atoms with E-state index in [1.165, 1.54) is 13.2 Å². The molecule has 4 aliphatic heterocycles. The largest absolute Gasteiger partial charge is 0.477 e. The molecule has 0 bridgehead atoms. The molecule has 0 unspecified atom stereocenters. The van der Waals surface area contributed by atoms with Crippen LogP contribution in [0.3, 0.4) is 0 Å². The molecule has 0 N–H and O–H groups in total. The van der Waals surface area contributed by atoms with Crippen LogP contribution in [0, 0.1) is 24.0 Å². The lowest BCUT2D eigenvalue weighted by molar-refractivity contribution is 0.0512. The molecule has 9 nitrogen and oxygen atoms in total. The summed E-state index contributed by atoms with van der Waals surface area (Å²) in [6, 6.07) is 6.22. The van der Waals surface area contributed by atoms with E-state index in [2.05, 4.69) is 25.7 Å². The third kappa shape index (κ3) is 4.59. The minimum atomic E-state index is -0.918. The number of rotatable bonds is 7. The van der Waals surface area contributed by atoms with Gasteiger partial charge in [0.2, 0.25) is 5.88 Å². The van der Waals surface area contributed by atoms with Gasteiger partial charge in [0, 0.05) is 50.0 Å². The zero-order chi connectivity index (χ0) is 31.6. The van der Waals surface area contributed by atoms with Gasteiger partial charge in [-0.05, 0) is 49.4 Å². The number of methoxy groups -OCH3 is 1. The van der Waals surface area contributed by atoms with E-state index in [4.69, 9.17) is 30.4 Å². The van der Waals surface area contributed by atoms with Gasteiger partial charge in [-0.3, -0.25) is 4.90 Å². The molecule has 0 aliphatic carbocycles. The van der Waals surface area contributed by atoms with E-state index in [-0.39, 0.29) is 53.7 Å². The predicted octanol–water partition coefficient (Wildman–Crippen LogP) is 5.40. The number of aromatic nitrogens is 3. The summed E-state index contributed by atoms with van der Waals surface area (Å²) >= 11 is 0. The Labute approximate surface area is 263 Å². The molecular formula is C34H32F3N5O4. The molecule has 3 fully saturated rings. The van der Waals surface area contributed by atoms with Crippen molar-refractivity contribution in [2.75, 3.05) is 51.7 Å². The van der Waals surface area contributed by atoms with Gasteiger partial charge in [-0.2, -0.15) is 9.97 Å². The van der Waals surface area contributed by atoms with Crippen LogP contribution in [0.15, 0.2) is 24.3 Å².